The van der Waals surface area contributed by atoms with Gasteiger partial charge < -0.3 is 5.32 Å². The van der Waals surface area contributed by atoms with Crippen LogP contribution in [0.1, 0.15) is 37.7 Å². The Bertz CT molecular complexity index is 845. The molecule has 0 radical (unpaired) electrons. The molecule has 1 saturated heterocycles. The second-order valence-corrected chi connectivity index (χ2v) is 11.5. The van der Waals surface area contributed by atoms with E-state index < -0.39 is 36.8 Å². The lowest BCUT2D eigenvalue weighted by Gasteiger charge is -2.28. The Hall–Kier alpha value is -0.990. The van der Waals surface area contributed by atoms with Gasteiger partial charge in [-0.15, -0.1) is 0 Å². The highest BCUT2D eigenvalue weighted by atomic mass is 32.2. The maximum atomic E-state index is 13.5. The van der Waals surface area contributed by atoms with Crippen molar-refractivity contribution in [1.82, 2.24) is 5.32 Å². The first-order chi connectivity index (χ1) is 11.7. The van der Waals surface area contributed by atoms with E-state index in [4.69, 9.17) is 0 Å². The minimum Gasteiger partial charge on any atom is -0.309 e. The number of rotatable bonds is 4. The van der Waals surface area contributed by atoms with E-state index in [-0.39, 0.29) is 28.0 Å². The van der Waals surface area contributed by atoms with Crippen LogP contribution in [0.5, 0.6) is 0 Å². The fourth-order valence-corrected chi connectivity index (χ4v) is 8.58. The van der Waals surface area contributed by atoms with E-state index in [2.05, 4.69) is 5.32 Å². The zero-order valence-electron chi connectivity index (χ0n) is 14.2. The van der Waals surface area contributed by atoms with Crippen molar-refractivity contribution in [2.45, 2.75) is 61.3 Å². The van der Waals surface area contributed by atoms with Crippen LogP contribution in [0.3, 0.4) is 0 Å². The number of benzene rings is 1. The van der Waals surface area contributed by atoms with Gasteiger partial charge in [-0.3, -0.25) is 0 Å². The Labute approximate surface area is 148 Å². The molecule has 140 valence electrons. The summed E-state index contributed by atoms with van der Waals surface area (Å²) < 4.78 is 63.7. The van der Waals surface area contributed by atoms with Crippen molar-refractivity contribution >= 4 is 19.7 Å². The molecule has 1 heterocycles. The fourth-order valence-electron chi connectivity index (χ4n) is 3.82. The molecular formula is C17H24FNO4S2. The number of halogens is 1. The molecule has 0 bridgehead atoms. The first-order valence-electron chi connectivity index (χ1n) is 8.65. The Kier molecular flexibility index (Phi) is 5.23. The highest BCUT2D eigenvalue weighted by Gasteiger charge is 2.46. The van der Waals surface area contributed by atoms with Crippen molar-refractivity contribution in [2.24, 2.45) is 0 Å². The van der Waals surface area contributed by atoms with E-state index in [9.17, 15) is 21.2 Å². The second kappa shape index (κ2) is 6.96. The standard InChI is InChI=1S/C17H24FNO4S2/c1-12-9-14(7-8-15(12)18)25(22,23)17-11-24(20,21)10-16(17)19-13-5-3-2-4-6-13/h7-9,13,16-17,19H,2-6,10-11H2,1H3/t16-,17-/m0/s1. The molecule has 0 unspecified atom stereocenters. The van der Waals surface area contributed by atoms with E-state index in [1.165, 1.54) is 19.1 Å². The number of nitrogens with one attached hydrogen (secondary N) is 1. The van der Waals surface area contributed by atoms with Gasteiger partial charge in [-0.05, 0) is 43.5 Å². The van der Waals surface area contributed by atoms with Gasteiger partial charge in [0.05, 0.1) is 21.7 Å². The molecule has 1 N–H and O–H groups in total. The minimum absolute atomic E-state index is 0.0102. The zero-order chi connectivity index (χ0) is 18.2. The van der Waals surface area contributed by atoms with E-state index in [0.717, 1.165) is 38.2 Å². The molecule has 1 saturated carbocycles. The maximum absolute atomic E-state index is 13.5. The van der Waals surface area contributed by atoms with Crippen LogP contribution in [0.4, 0.5) is 4.39 Å². The minimum atomic E-state index is -3.86. The normalized spacial score (nSPS) is 27.4. The highest BCUT2D eigenvalue weighted by Crippen LogP contribution is 2.28. The second-order valence-electron chi connectivity index (χ2n) is 7.18. The lowest BCUT2D eigenvalue weighted by molar-refractivity contribution is 0.345. The number of sulfone groups is 2. The summed E-state index contributed by atoms with van der Waals surface area (Å²) >= 11 is 0. The first kappa shape index (κ1) is 18.8. The lowest BCUT2D eigenvalue weighted by atomic mass is 9.95. The van der Waals surface area contributed by atoms with Gasteiger partial charge in [0, 0.05) is 12.1 Å². The van der Waals surface area contributed by atoms with Crippen molar-refractivity contribution in [3.8, 4) is 0 Å². The fraction of sp³-hybridized carbons (Fsp3) is 0.647. The monoisotopic (exact) mass is 389 g/mol. The topological polar surface area (TPSA) is 80.3 Å². The average molecular weight is 390 g/mol. The first-order valence-corrected chi connectivity index (χ1v) is 12.0. The van der Waals surface area contributed by atoms with Gasteiger partial charge >= 0.3 is 0 Å². The van der Waals surface area contributed by atoms with Crippen LogP contribution in [0.25, 0.3) is 0 Å². The largest absolute Gasteiger partial charge is 0.309 e. The quantitative estimate of drug-likeness (QED) is 0.797. The third kappa shape index (κ3) is 4.06. The van der Waals surface area contributed by atoms with Gasteiger partial charge in [-0.1, -0.05) is 19.3 Å². The summed E-state index contributed by atoms with van der Waals surface area (Å²) in [5, 5.41) is 2.27. The molecule has 8 heteroatoms. The van der Waals surface area contributed by atoms with Gasteiger partial charge in [-0.2, -0.15) is 0 Å². The van der Waals surface area contributed by atoms with Crippen molar-refractivity contribution in [1.29, 1.82) is 0 Å². The highest BCUT2D eigenvalue weighted by molar-refractivity contribution is 7.96. The third-order valence-corrected chi connectivity index (χ3v) is 9.36. The Balaban J connectivity index is 1.89. The molecule has 1 aliphatic carbocycles. The number of aryl methyl sites for hydroxylation is 1. The van der Waals surface area contributed by atoms with Crippen LogP contribution in [-0.2, 0) is 19.7 Å². The number of hydrogen-bond donors (Lipinski definition) is 1. The molecule has 2 fully saturated rings. The maximum Gasteiger partial charge on any atom is 0.183 e. The summed E-state index contributed by atoms with van der Waals surface area (Å²) in [6, 6.07) is 3.19. The summed E-state index contributed by atoms with van der Waals surface area (Å²) in [6.07, 6.45) is 5.20. The van der Waals surface area contributed by atoms with Gasteiger partial charge in [0.15, 0.2) is 19.7 Å². The van der Waals surface area contributed by atoms with Gasteiger partial charge in [-0.25, -0.2) is 21.2 Å². The Morgan fingerprint density at radius 2 is 1.80 bits per heavy atom. The van der Waals surface area contributed by atoms with E-state index in [1.54, 1.807) is 0 Å². The molecule has 5 nitrogen and oxygen atoms in total. The molecule has 2 atom stereocenters. The SMILES string of the molecule is Cc1cc(S(=O)(=O)[C@H]2CS(=O)(=O)C[C@@H]2NC2CCCCC2)ccc1F. The van der Waals surface area contributed by atoms with E-state index in [0.29, 0.717) is 0 Å². The predicted octanol–water partition coefficient (Wildman–Crippen LogP) is 2.00. The lowest BCUT2D eigenvalue weighted by Crippen LogP contribution is -2.48. The molecule has 0 spiro atoms. The van der Waals surface area contributed by atoms with Gasteiger partial charge in [0.25, 0.3) is 0 Å². The Morgan fingerprint density at radius 1 is 1.12 bits per heavy atom. The summed E-state index contributed by atoms with van der Waals surface area (Å²) in [5.74, 6) is -1.01. The molecule has 3 rings (SSSR count). The van der Waals surface area contributed by atoms with Crippen LogP contribution >= 0.6 is 0 Å². The van der Waals surface area contributed by atoms with Crippen LogP contribution in [0.15, 0.2) is 23.1 Å². The van der Waals surface area contributed by atoms with Crippen molar-refractivity contribution in [2.75, 3.05) is 11.5 Å². The summed E-state index contributed by atoms with van der Waals surface area (Å²) in [5.41, 5.74) is 0.235. The van der Waals surface area contributed by atoms with Crippen molar-refractivity contribution in [3.05, 3.63) is 29.6 Å². The molecule has 1 aromatic carbocycles. The van der Waals surface area contributed by atoms with Crippen LogP contribution in [0, 0.1) is 12.7 Å². The van der Waals surface area contributed by atoms with Crippen molar-refractivity contribution < 1.29 is 21.2 Å². The summed E-state index contributed by atoms with van der Waals surface area (Å²) in [4.78, 5) is -0.0102. The summed E-state index contributed by atoms with van der Waals surface area (Å²) in [6.45, 7) is 1.50. The molecular weight excluding hydrogens is 365 g/mol. The van der Waals surface area contributed by atoms with Crippen LogP contribution in [0.2, 0.25) is 0 Å². The zero-order valence-corrected chi connectivity index (χ0v) is 15.9. The van der Waals surface area contributed by atoms with Gasteiger partial charge in [0.2, 0.25) is 0 Å². The molecule has 2 aliphatic rings. The average Bonchev–Trinajstić information content (AvgIpc) is 2.86. The molecule has 25 heavy (non-hydrogen) atoms. The smallest absolute Gasteiger partial charge is 0.183 e. The molecule has 1 aliphatic heterocycles. The van der Waals surface area contributed by atoms with Gasteiger partial charge in [0.1, 0.15) is 5.82 Å². The molecule has 0 amide bonds. The van der Waals surface area contributed by atoms with Crippen LogP contribution in [-0.4, -0.2) is 45.7 Å². The third-order valence-electron chi connectivity index (χ3n) is 5.21. The molecule has 1 aromatic rings. The van der Waals surface area contributed by atoms with Crippen LogP contribution < -0.4 is 5.32 Å². The Morgan fingerprint density at radius 3 is 2.44 bits per heavy atom. The van der Waals surface area contributed by atoms with Crippen molar-refractivity contribution in [3.63, 3.8) is 0 Å². The van der Waals surface area contributed by atoms with E-state index >= 15 is 0 Å². The predicted molar refractivity (Wildman–Crippen MR) is 94.6 cm³/mol. The molecule has 0 aromatic heterocycles. The number of hydrogen-bond acceptors (Lipinski definition) is 5. The summed E-state index contributed by atoms with van der Waals surface area (Å²) in [7, 11) is -7.28. The van der Waals surface area contributed by atoms with E-state index in [1.807, 2.05) is 0 Å².